The summed E-state index contributed by atoms with van der Waals surface area (Å²) in [5.74, 6) is -0.293. The van der Waals surface area contributed by atoms with Crippen molar-refractivity contribution in [3.63, 3.8) is 0 Å². The highest BCUT2D eigenvalue weighted by molar-refractivity contribution is 7.99. The summed E-state index contributed by atoms with van der Waals surface area (Å²) >= 11 is 7.57. The molecule has 0 fully saturated rings. The molecule has 1 aromatic heterocycles. The van der Waals surface area contributed by atoms with E-state index in [-0.39, 0.29) is 23.1 Å². The molecule has 1 unspecified atom stereocenters. The Morgan fingerprint density at radius 2 is 1.93 bits per heavy atom. The number of halogens is 1. The summed E-state index contributed by atoms with van der Waals surface area (Å²) in [6.45, 7) is 5.70. The van der Waals surface area contributed by atoms with Gasteiger partial charge in [-0.1, -0.05) is 59.8 Å². The molecule has 0 saturated carbocycles. The zero-order valence-electron chi connectivity index (χ0n) is 16.5. The molecule has 2 N–H and O–H groups in total. The Morgan fingerprint density at radius 3 is 2.59 bits per heavy atom. The molecule has 0 aliphatic carbocycles. The predicted octanol–water partition coefficient (Wildman–Crippen LogP) is 5.07. The minimum atomic E-state index is -0.294. The minimum absolute atomic E-state index is 0.0567. The van der Waals surface area contributed by atoms with Gasteiger partial charge >= 0.3 is 0 Å². The summed E-state index contributed by atoms with van der Waals surface area (Å²) in [7, 11) is 0. The van der Waals surface area contributed by atoms with Crippen LogP contribution in [-0.4, -0.2) is 15.9 Å². The number of anilines is 1. The second-order valence-corrected chi connectivity index (χ2v) is 8.53. The topological polar surface area (TPSA) is 74.8 Å². The van der Waals surface area contributed by atoms with Crippen LogP contribution in [0.4, 0.5) is 5.69 Å². The van der Waals surface area contributed by atoms with Crippen molar-refractivity contribution in [3.8, 4) is 0 Å². The van der Waals surface area contributed by atoms with Crippen LogP contribution in [0.5, 0.6) is 0 Å². The van der Waals surface area contributed by atoms with Crippen LogP contribution < -0.4 is 10.9 Å². The lowest BCUT2D eigenvalue weighted by Gasteiger charge is -2.12. The molecule has 3 aromatic rings. The average molecular weight is 428 g/mol. The normalized spacial score (nSPS) is 11.9. The second-order valence-electron chi connectivity index (χ2n) is 6.79. The summed E-state index contributed by atoms with van der Waals surface area (Å²) < 4.78 is 0. The maximum absolute atomic E-state index is 12.6. The number of H-pyrrole nitrogens is 1. The van der Waals surface area contributed by atoms with Crippen molar-refractivity contribution in [2.75, 3.05) is 5.32 Å². The van der Waals surface area contributed by atoms with E-state index in [4.69, 9.17) is 11.6 Å². The standard InChI is InChI=1S/C22H22ClN3O2S/c1-13-9-10-17(11-19(13)23)25-20(27)12-18-14(2)24-22(26-21(18)28)29-15(3)16-7-5-4-6-8-16/h4-11,15H,12H2,1-3H3,(H,25,27)(H,24,26,28). The molecule has 3 rings (SSSR count). The van der Waals surface area contributed by atoms with E-state index in [1.54, 1.807) is 19.1 Å². The van der Waals surface area contributed by atoms with Crippen LogP contribution in [-0.2, 0) is 11.2 Å². The minimum Gasteiger partial charge on any atom is -0.326 e. The van der Waals surface area contributed by atoms with Gasteiger partial charge in [0.05, 0.1) is 6.42 Å². The summed E-state index contributed by atoms with van der Waals surface area (Å²) in [6, 6.07) is 15.3. The molecule has 29 heavy (non-hydrogen) atoms. The van der Waals surface area contributed by atoms with Crippen LogP contribution in [0.1, 0.15) is 34.6 Å². The van der Waals surface area contributed by atoms with Gasteiger partial charge in [0, 0.05) is 27.2 Å². The first kappa shape index (κ1) is 21.1. The third kappa shape index (κ3) is 5.49. The average Bonchev–Trinajstić information content (AvgIpc) is 2.68. The first-order chi connectivity index (χ1) is 13.8. The number of hydrogen-bond donors (Lipinski definition) is 2. The highest BCUT2D eigenvalue weighted by Crippen LogP contribution is 2.32. The Hall–Kier alpha value is -2.57. The number of nitrogens with zero attached hydrogens (tertiary/aromatic N) is 1. The van der Waals surface area contributed by atoms with E-state index < -0.39 is 0 Å². The highest BCUT2D eigenvalue weighted by Gasteiger charge is 2.15. The van der Waals surface area contributed by atoms with Crippen molar-refractivity contribution in [1.82, 2.24) is 9.97 Å². The Morgan fingerprint density at radius 1 is 1.21 bits per heavy atom. The van der Waals surface area contributed by atoms with E-state index >= 15 is 0 Å². The van der Waals surface area contributed by atoms with Crippen LogP contribution >= 0.6 is 23.4 Å². The maximum atomic E-state index is 12.6. The van der Waals surface area contributed by atoms with Crippen LogP contribution in [0, 0.1) is 13.8 Å². The van der Waals surface area contributed by atoms with Gasteiger partial charge in [-0.3, -0.25) is 9.59 Å². The fraction of sp³-hybridized carbons (Fsp3) is 0.227. The highest BCUT2D eigenvalue weighted by atomic mass is 35.5. The molecule has 5 nitrogen and oxygen atoms in total. The van der Waals surface area contributed by atoms with Gasteiger partial charge in [-0.2, -0.15) is 0 Å². The van der Waals surface area contributed by atoms with Gasteiger partial charge in [-0.15, -0.1) is 0 Å². The number of amides is 1. The van der Waals surface area contributed by atoms with Gasteiger partial charge in [0.1, 0.15) is 0 Å². The van der Waals surface area contributed by atoms with Crippen molar-refractivity contribution in [1.29, 1.82) is 0 Å². The molecule has 0 saturated heterocycles. The number of aryl methyl sites for hydroxylation is 2. The van der Waals surface area contributed by atoms with Crippen LogP contribution in [0.15, 0.2) is 58.5 Å². The van der Waals surface area contributed by atoms with E-state index in [9.17, 15) is 9.59 Å². The molecule has 0 bridgehead atoms. The molecule has 150 valence electrons. The molecule has 1 amide bonds. The molecular weight excluding hydrogens is 406 g/mol. The molecule has 0 spiro atoms. The smallest absolute Gasteiger partial charge is 0.255 e. The lowest BCUT2D eigenvalue weighted by molar-refractivity contribution is -0.115. The number of hydrogen-bond acceptors (Lipinski definition) is 4. The van der Waals surface area contributed by atoms with Gasteiger partial charge in [0.25, 0.3) is 5.56 Å². The quantitative estimate of drug-likeness (QED) is 0.425. The summed E-state index contributed by atoms with van der Waals surface area (Å²) in [4.78, 5) is 32.2. The van der Waals surface area contributed by atoms with Gasteiger partial charge in [-0.25, -0.2) is 4.98 Å². The summed E-state index contributed by atoms with van der Waals surface area (Å²) in [5, 5.41) is 4.03. The van der Waals surface area contributed by atoms with Crippen LogP contribution in [0.25, 0.3) is 0 Å². The monoisotopic (exact) mass is 427 g/mol. The van der Waals surface area contributed by atoms with Crippen molar-refractivity contribution in [2.45, 2.75) is 37.6 Å². The lowest BCUT2D eigenvalue weighted by atomic mass is 10.1. The number of carbonyl (C=O) groups is 1. The second kappa shape index (κ2) is 9.29. The molecule has 0 aliphatic rings. The summed E-state index contributed by atoms with van der Waals surface area (Å²) in [5.41, 5.74) is 3.29. The molecule has 0 radical (unpaired) electrons. The molecule has 7 heteroatoms. The Bertz CT molecular complexity index is 1080. The first-order valence-corrected chi connectivity index (χ1v) is 10.5. The fourth-order valence-corrected chi connectivity index (χ4v) is 3.99. The third-order valence-electron chi connectivity index (χ3n) is 4.55. The van der Waals surface area contributed by atoms with Crippen molar-refractivity contribution in [2.24, 2.45) is 0 Å². The van der Waals surface area contributed by atoms with Gasteiger partial charge in [0.2, 0.25) is 5.91 Å². The van der Waals surface area contributed by atoms with Crippen molar-refractivity contribution >= 4 is 35.0 Å². The third-order valence-corrected chi connectivity index (χ3v) is 6.00. The van der Waals surface area contributed by atoms with E-state index in [1.807, 2.05) is 43.3 Å². The number of nitrogens with one attached hydrogen (secondary N) is 2. The van der Waals surface area contributed by atoms with Crippen LogP contribution in [0.3, 0.4) is 0 Å². The van der Waals surface area contributed by atoms with Crippen LogP contribution in [0.2, 0.25) is 5.02 Å². The Kier molecular flexibility index (Phi) is 6.77. The molecule has 1 heterocycles. The number of rotatable bonds is 6. The summed E-state index contributed by atoms with van der Waals surface area (Å²) in [6.07, 6.45) is -0.0567. The molecular formula is C22H22ClN3O2S. The molecule has 0 aliphatic heterocycles. The number of aromatic nitrogens is 2. The Balaban J connectivity index is 1.71. The molecule has 1 atom stereocenters. The van der Waals surface area contributed by atoms with E-state index in [2.05, 4.69) is 22.2 Å². The SMILES string of the molecule is Cc1ccc(NC(=O)Cc2c(C)nc(SC(C)c3ccccc3)[nH]c2=O)cc1Cl. The van der Waals surface area contributed by atoms with E-state index in [0.29, 0.717) is 27.1 Å². The van der Waals surface area contributed by atoms with Gasteiger partial charge < -0.3 is 10.3 Å². The predicted molar refractivity (Wildman–Crippen MR) is 119 cm³/mol. The number of benzene rings is 2. The molecule has 2 aromatic carbocycles. The zero-order chi connectivity index (χ0) is 21.0. The maximum Gasteiger partial charge on any atom is 0.255 e. The van der Waals surface area contributed by atoms with Gasteiger partial charge in [-0.05, 0) is 44.0 Å². The first-order valence-electron chi connectivity index (χ1n) is 9.21. The fourth-order valence-electron chi connectivity index (χ4n) is 2.84. The lowest BCUT2D eigenvalue weighted by Crippen LogP contribution is -2.23. The number of aromatic amines is 1. The van der Waals surface area contributed by atoms with Crippen molar-refractivity contribution < 1.29 is 4.79 Å². The van der Waals surface area contributed by atoms with E-state index in [1.165, 1.54) is 11.8 Å². The zero-order valence-corrected chi connectivity index (χ0v) is 18.0. The Labute approximate surface area is 178 Å². The number of thioether (sulfide) groups is 1. The van der Waals surface area contributed by atoms with Gasteiger partial charge in [0.15, 0.2) is 5.16 Å². The van der Waals surface area contributed by atoms with E-state index in [0.717, 1.165) is 11.1 Å². The number of carbonyl (C=O) groups excluding carboxylic acids is 1. The van der Waals surface area contributed by atoms with Crippen molar-refractivity contribution in [3.05, 3.63) is 86.3 Å². The largest absolute Gasteiger partial charge is 0.326 e.